The van der Waals surface area contributed by atoms with Gasteiger partial charge in [0.1, 0.15) is 18.3 Å². The van der Waals surface area contributed by atoms with E-state index in [-0.39, 0.29) is 52.8 Å². The molecule has 1 unspecified atom stereocenters. The van der Waals surface area contributed by atoms with Crippen LogP contribution in [-0.4, -0.2) is 96.7 Å². The number of rotatable bonds is 7. The molecule has 0 radical (unpaired) electrons. The Morgan fingerprint density at radius 3 is 2.29 bits per heavy atom. The van der Waals surface area contributed by atoms with Crippen LogP contribution in [0.25, 0.3) is 0 Å². The molecule has 0 amide bonds. The maximum Gasteiger partial charge on any atom is 0.335 e. The van der Waals surface area contributed by atoms with E-state index in [0.29, 0.717) is 32.1 Å². The molecule has 234 valence electrons. The number of aliphatic hydroxyl groups is 5. The van der Waals surface area contributed by atoms with Gasteiger partial charge in [-0.1, -0.05) is 20.8 Å². The van der Waals surface area contributed by atoms with Gasteiger partial charge in [-0.15, -0.1) is 0 Å². The number of hydrogen-bond acceptors (Lipinski definition) is 9. The lowest BCUT2D eigenvalue weighted by Gasteiger charge is -2.63. The molecule has 0 aromatic carbocycles. The molecule has 1 aliphatic heterocycles. The van der Waals surface area contributed by atoms with Crippen molar-refractivity contribution in [3.63, 3.8) is 0 Å². The van der Waals surface area contributed by atoms with Gasteiger partial charge in [0, 0.05) is 6.42 Å². The van der Waals surface area contributed by atoms with Gasteiger partial charge in [0.05, 0.1) is 18.3 Å². The second-order valence-electron chi connectivity index (χ2n) is 14.3. The summed E-state index contributed by atoms with van der Waals surface area (Å²) in [6, 6.07) is 0. The van der Waals surface area contributed by atoms with E-state index in [0.717, 1.165) is 19.3 Å². The first-order valence-corrected chi connectivity index (χ1v) is 15.4. The summed E-state index contributed by atoms with van der Waals surface area (Å²) < 4.78 is 11.4. The average molecular weight is 585 g/mol. The predicted octanol–water partition coefficient (Wildman–Crippen LogP) is 1.37. The largest absolute Gasteiger partial charge is 0.481 e. The van der Waals surface area contributed by atoms with Crippen molar-refractivity contribution in [2.24, 2.45) is 46.3 Å². The van der Waals surface area contributed by atoms with Crippen LogP contribution < -0.4 is 0 Å². The quantitative estimate of drug-likeness (QED) is 0.214. The summed E-state index contributed by atoms with van der Waals surface area (Å²) in [6.07, 6.45) is -4.07. The molecule has 4 aliphatic carbocycles. The Labute approximate surface area is 240 Å². The number of hydrogen-bond donors (Lipinski definition) is 7. The summed E-state index contributed by atoms with van der Waals surface area (Å²) >= 11 is 0. The van der Waals surface area contributed by atoms with Gasteiger partial charge in [0.2, 0.25) is 0 Å². The Balaban J connectivity index is 1.30. The van der Waals surface area contributed by atoms with E-state index in [2.05, 4.69) is 20.8 Å². The molecule has 16 atom stereocenters. The molecule has 11 nitrogen and oxygen atoms in total. The number of ether oxygens (including phenoxy) is 2. The molecular formula is C30H48O11. The van der Waals surface area contributed by atoms with Crippen LogP contribution >= 0.6 is 0 Å². The van der Waals surface area contributed by atoms with Crippen molar-refractivity contribution >= 4 is 11.9 Å². The summed E-state index contributed by atoms with van der Waals surface area (Å²) in [6.45, 7) is 6.51. The summed E-state index contributed by atoms with van der Waals surface area (Å²) in [5.41, 5.74) is -0.519. The number of carboxylic acid groups (broad SMARTS) is 2. The molecule has 7 N–H and O–H groups in total. The number of aliphatic hydroxyl groups excluding tert-OH is 5. The van der Waals surface area contributed by atoms with Crippen LogP contribution in [0.5, 0.6) is 0 Å². The van der Waals surface area contributed by atoms with Gasteiger partial charge in [0.25, 0.3) is 0 Å². The van der Waals surface area contributed by atoms with Crippen LogP contribution in [-0.2, 0) is 19.1 Å². The molecule has 1 heterocycles. The van der Waals surface area contributed by atoms with Crippen LogP contribution in [0.4, 0.5) is 0 Å². The Hall–Kier alpha value is -1.34. The Morgan fingerprint density at radius 2 is 1.63 bits per heavy atom. The van der Waals surface area contributed by atoms with Crippen molar-refractivity contribution in [2.75, 3.05) is 0 Å². The van der Waals surface area contributed by atoms with Gasteiger partial charge in [-0.2, -0.15) is 0 Å². The first-order chi connectivity index (χ1) is 19.2. The first kappa shape index (κ1) is 31.1. The zero-order valence-corrected chi connectivity index (χ0v) is 24.2. The fourth-order valence-electron chi connectivity index (χ4n) is 10.1. The second kappa shape index (κ2) is 11.3. The average Bonchev–Trinajstić information content (AvgIpc) is 3.27. The third-order valence-electron chi connectivity index (χ3n) is 12.5. The van der Waals surface area contributed by atoms with Crippen molar-refractivity contribution in [3.05, 3.63) is 0 Å². The van der Waals surface area contributed by atoms with E-state index < -0.39 is 61.0 Å². The highest BCUT2D eigenvalue weighted by Crippen LogP contribution is 2.68. The van der Waals surface area contributed by atoms with E-state index in [4.69, 9.17) is 9.47 Å². The topological polar surface area (TPSA) is 194 Å². The van der Waals surface area contributed by atoms with Gasteiger partial charge in [-0.05, 0) is 97.7 Å². The number of aliphatic carboxylic acids is 2. The maximum atomic E-state index is 11.7. The van der Waals surface area contributed by atoms with E-state index in [1.165, 1.54) is 0 Å². The minimum atomic E-state index is -1.78. The van der Waals surface area contributed by atoms with Crippen molar-refractivity contribution in [2.45, 2.75) is 128 Å². The first-order valence-electron chi connectivity index (χ1n) is 15.4. The third-order valence-corrected chi connectivity index (χ3v) is 12.5. The van der Waals surface area contributed by atoms with Crippen LogP contribution in [0.2, 0.25) is 0 Å². The monoisotopic (exact) mass is 584 g/mol. The standard InChI is InChI=1S/C30H48O11/c1-13(4-7-21(33)34)16-5-6-17-22-18(12-20(32)30(16,17)3)29(2)9-8-15(10-14(29)11-19(22)31)40-28-25(37)23(35)24(36)26(41-28)27(38)39/h13-20,22-26,28,31-32,35-37H,4-12H2,1-3H3,(H,33,34)(H,38,39)/t13-,14+,15-,16-,17+,18+,19-,20+,22+,23+,24+,25-,26+,28?,29+,30-/m1/s1. The molecule has 0 aromatic rings. The smallest absolute Gasteiger partial charge is 0.335 e. The zero-order chi connectivity index (χ0) is 30.0. The molecule has 5 fully saturated rings. The Kier molecular flexibility index (Phi) is 8.57. The molecular weight excluding hydrogens is 536 g/mol. The van der Waals surface area contributed by atoms with Crippen molar-refractivity contribution in [1.82, 2.24) is 0 Å². The number of fused-ring (bicyclic) bond motifs is 5. The van der Waals surface area contributed by atoms with Gasteiger partial charge < -0.3 is 45.2 Å². The lowest BCUT2D eigenvalue weighted by atomic mass is 9.43. The van der Waals surface area contributed by atoms with Crippen molar-refractivity contribution in [3.8, 4) is 0 Å². The van der Waals surface area contributed by atoms with Gasteiger partial charge in [0.15, 0.2) is 12.4 Å². The van der Waals surface area contributed by atoms with Gasteiger partial charge in [-0.3, -0.25) is 4.79 Å². The fraction of sp³-hybridized carbons (Fsp3) is 0.933. The molecule has 11 heteroatoms. The SMILES string of the molecule is C[C@H](CCC(=O)O)[C@H]1CC[C@H]2[C@@H]3[C@H](O)C[C@@H]4C[C@H](OC5O[C@H](C(=O)O)[C@@H](O)[C@H](O)[C@H]5O)CC[C@]4(C)[C@H]3C[C@H](O)[C@]12C. The highest BCUT2D eigenvalue weighted by molar-refractivity contribution is 5.73. The molecule has 0 bridgehead atoms. The van der Waals surface area contributed by atoms with Crippen molar-refractivity contribution < 1.29 is 54.8 Å². The molecule has 0 spiro atoms. The van der Waals surface area contributed by atoms with Crippen LogP contribution in [0.3, 0.4) is 0 Å². The van der Waals surface area contributed by atoms with E-state index in [9.17, 15) is 45.3 Å². The molecule has 5 aliphatic rings. The van der Waals surface area contributed by atoms with Crippen LogP contribution in [0.15, 0.2) is 0 Å². The van der Waals surface area contributed by atoms with Crippen LogP contribution in [0.1, 0.15) is 78.6 Å². The van der Waals surface area contributed by atoms with Gasteiger partial charge in [-0.25, -0.2) is 4.79 Å². The highest BCUT2D eigenvalue weighted by atomic mass is 16.7. The van der Waals surface area contributed by atoms with E-state index in [1.54, 1.807) is 0 Å². The summed E-state index contributed by atoms with van der Waals surface area (Å²) in [5, 5.41) is 72.5. The molecule has 1 saturated heterocycles. The third kappa shape index (κ3) is 5.13. The Bertz CT molecular complexity index is 991. The van der Waals surface area contributed by atoms with Crippen molar-refractivity contribution in [1.29, 1.82) is 0 Å². The van der Waals surface area contributed by atoms with Crippen LogP contribution in [0, 0.1) is 46.3 Å². The van der Waals surface area contributed by atoms with E-state index >= 15 is 0 Å². The second-order valence-corrected chi connectivity index (χ2v) is 14.3. The molecule has 41 heavy (non-hydrogen) atoms. The lowest BCUT2D eigenvalue weighted by Crippen LogP contribution is -2.63. The molecule has 4 saturated carbocycles. The van der Waals surface area contributed by atoms with Gasteiger partial charge >= 0.3 is 11.9 Å². The highest BCUT2D eigenvalue weighted by Gasteiger charge is 2.66. The predicted molar refractivity (Wildman–Crippen MR) is 143 cm³/mol. The summed E-state index contributed by atoms with van der Waals surface area (Å²) in [7, 11) is 0. The Morgan fingerprint density at radius 1 is 0.927 bits per heavy atom. The molecule has 0 aromatic heterocycles. The summed E-state index contributed by atoms with van der Waals surface area (Å²) in [5.74, 6) is -1.49. The zero-order valence-electron chi connectivity index (χ0n) is 24.2. The minimum absolute atomic E-state index is 0.0512. The number of carbonyl (C=O) groups is 2. The lowest BCUT2D eigenvalue weighted by molar-refractivity contribution is -0.310. The maximum absolute atomic E-state index is 11.7. The normalized spacial score (nSPS) is 52.1. The fourth-order valence-corrected chi connectivity index (χ4v) is 10.1. The molecule has 5 rings (SSSR count). The van der Waals surface area contributed by atoms with E-state index in [1.807, 2.05) is 0 Å². The summed E-state index contributed by atoms with van der Waals surface area (Å²) in [4.78, 5) is 22.7. The number of carboxylic acids is 2. The minimum Gasteiger partial charge on any atom is -0.481 e.